The second-order valence-electron chi connectivity index (χ2n) is 4.18. The van der Waals surface area contributed by atoms with E-state index in [1.54, 1.807) is 0 Å². The molecule has 0 aromatic rings. The molecule has 0 aliphatic carbocycles. The fraction of sp³-hybridized carbons (Fsp3) is 1.00. The van der Waals surface area contributed by atoms with Gasteiger partial charge in [-0.3, -0.25) is 0 Å². The van der Waals surface area contributed by atoms with Crippen LogP contribution in [0, 0.1) is 5.41 Å². The van der Waals surface area contributed by atoms with E-state index in [0.29, 0.717) is 6.54 Å². The lowest BCUT2D eigenvalue weighted by molar-refractivity contribution is 0.239. The van der Waals surface area contributed by atoms with Gasteiger partial charge in [-0.05, 0) is 24.8 Å². The van der Waals surface area contributed by atoms with E-state index < -0.39 is 10.0 Å². The Morgan fingerprint density at radius 1 is 1.50 bits per heavy atom. The second-order valence-corrected chi connectivity index (χ2v) is 6.02. The molecule has 14 heavy (non-hydrogen) atoms. The molecule has 6 heteroatoms. The van der Waals surface area contributed by atoms with E-state index in [2.05, 4.69) is 17.0 Å². The zero-order chi connectivity index (χ0) is 9.95. The average molecular weight is 243 g/mol. The summed E-state index contributed by atoms with van der Waals surface area (Å²) in [4.78, 5) is 0. The van der Waals surface area contributed by atoms with Crippen LogP contribution in [-0.4, -0.2) is 34.3 Å². The number of halogens is 1. The third-order valence-corrected chi connectivity index (χ3v) is 3.12. The monoisotopic (exact) mass is 242 g/mol. The predicted octanol–water partition coefficient (Wildman–Crippen LogP) is 0.347. The molecule has 1 atom stereocenters. The van der Waals surface area contributed by atoms with E-state index in [1.165, 1.54) is 6.26 Å². The van der Waals surface area contributed by atoms with Gasteiger partial charge in [-0.15, -0.1) is 12.4 Å². The molecule has 2 N–H and O–H groups in total. The van der Waals surface area contributed by atoms with Crippen molar-refractivity contribution in [2.45, 2.75) is 19.8 Å². The maximum atomic E-state index is 10.9. The summed E-state index contributed by atoms with van der Waals surface area (Å²) in [5.74, 6) is 0. The molecule has 1 heterocycles. The van der Waals surface area contributed by atoms with Gasteiger partial charge in [0.15, 0.2) is 0 Å². The minimum Gasteiger partial charge on any atom is -0.316 e. The van der Waals surface area contributed by atoms with Crippen LogP contribution in [0.5, 0.6) is 0 Å². The fourth-order valence-electron chi connectivity index (χ4n) is 1.57. The van der Waals surface area contributed by atoms with Gasteiger partial charge in [-0.1, -0.05) is 6.92 Å². The van der Waals surface area contributed by atoms with Gasteiger partial charge in [-0.2, -0.15) is 0 Å². The van der Waals surface area contributed by atoms with Crippen LogP contribution in [0.1, 0.15) is 19.8 Å². The standard InChI is InChI=1S/C8H18N2O2S.ClH/c1-8(4-3-5-9-6-8)7-10-13(2,11)12;/h9-10H,3-7H2,1-2H3;1H. The minimum atomic E-state index is -3.04. The van der Waals surface area contributed by atoms with Crippen LogP contribution < -0.4 is 10.0 Å². The van der Waals surface area contributed by atoms with Gasteiger partial charge < -0.3 is 5.32 Å². The number of nitrogens with one attached hydrogen (secondary N) is 2. The average Bonchev–Trinajstić information content (AvgIpc) is 2.02. The van der Waals surface area contributed by atoms with E-state index in [0.717, 1.165) is 25.9 Å². The Morgan fingerprint density at radius 2 is 2.14 bits per heavy atom. The number of hydrogen-bond acceptors (Lipinski definition) is 3. The van der Waals surface area contributed by atoms with Gasteiger partial charge in [0.1, 0.15) is 0 Å². The molecule has 4 nitrogen and oxygen atoms in total. The van der Waals surface area contributed by atoms with Crippen molar-refractivity contribution in [1.82, 2.24) is 10.0 Å². The van der Waals surface area contributed by atoms with Crippen molar-refractivity contribution in [2.24, 2.45) is 5.41 Å². The molecule has 1 rings (SSSR count). The van der Waals surface area contributed by atoms with E-state index >= 15 is 0 Å². The molecule has 0 radical (unpaired) electrons. The molecule has 0 aromatic heterocycles. The molecular formula is C8H19ClN2O2S. The lowest BCUT2D eigenvalue weighted by Gasteiger charge is -2.33. The maximum Gasteiger partial charge on any atom is 0.208 e. The zero-order valence-electron chi connectivity index (χ0n) is 8.67. The van der Waals surface area contributed by atoms with Crippen LogP contribution in [0.4, 0.5) is 0 Å². The van der Waals surface area contributed by atoms with Crippen molar-refractivity contribution in [3.05, 3.63) is 0 Å². The lowest BCUT2D eigenvalue weighted by Crippen LogP contribution is -2.45. The first-order chi connectivity index (χ1) is 5.91. The van der Waals surface area contributed by atoms with E-state index in [1.807, 2.05) is 0 Å². The van der Waals surface area contributed by atoms with Crippen molar-refractivity contribution in [3.8, 4) is 0 Å². The molecule has 1 unspecified atom stereocenters. The predicted molar refractivity (Wildman–Crippen MR) is 60.3 cm³/mol. The summed E-state index contributed by atoms with van der Waals surface area (Å²) in [5.41, 5.74) is 0.0847. The van der Waals surface area contributed by atoms with Crippen molar-refractivity contribution in [3.63, 3.8) is 0 Å². The molecule has 1 fully saturated rings. The van der Waals surface area contributed by atoms with E-state index in [-0.39, 0.29) is 17.8 Å². The Hall–Kier alpha value is 0.160. The van der Waals surface area contributed by atoms with Crippen molar-refractivity contribution in [2.75, 3.05) is 25.9 Å². The van der Waals surface area contributed by atoms with Gasteiger partial charge in [0.25, 0.3) is 0 Å². The Kier molecular flexibility index (Phi) is 5.36. The largest absolute Gasteiger partial charge is 0.316 e. The molecule has 1 aliphatic rings. The van der Waals surface area contributed by atoms with Gasteiger partial charge in [0.05, 0.1) is 6.26 Å². The van der Waals surface area contributed by atoms with Crippen LogP contribution in [0.3, 0.4) is 0 Å². The maximum absolute atomic E-state index is 10.9. The lowest BCUT2D eigenvalue weighted by atomic mass is 9.83. The highest BCUT2D eigenvalue weighted by atomic mass is 35.5. The molecule has 0 spiro atoms. The summed E-state index contributed by atoms with van der Waals surface area (Å²) in [6.07, 6.45) is 3.41. The van der Waals surface area contributed by atoms with Gasteiger partial charge in [0.2, 0.25) is 10.0 Å². The number of piperidine rings is 1. The molecular weight excluding hydrogens is 224 g/mol. The van der Waals surface area contributed by atoms with Crippen molar-refractivity contribution in [1.29, 1.82) is 0 Å². The number of rotatable bonds is 3. The summed E-state index contributed by atoms with van der Waals surface area (Å²) in [6, 6.07) is 0. The molecule has 1 saturated heterocycles. The third kappa shape index (κ3) is 5.14. The van der Waals surface area contributed by atoms with Gasteiger partial charge in [-0.25, -0.2) is 13.1 Å². The highest BCUT2D eigenvalue weighted by Gasteiger charge is 2.27. The summed E-state index contributed by atoms with van der Waals surface area (Å²) in [7, 11) is -3.04. The van der Waals surface area contributed by atoms with E-state index in [4.69, 9.17) is 0 Å². The summed E-state index contributed by atoms with van der Waals surface area (Å²) >= 11 is 0. The SMILES string of the molecule is CC1(CNS(C)(=O)=O)CCCNC1.Cl. The topological polar surface area (TPSA) is 58.2 Å². The number of hydrogen-bond donors (Lipinski definition) is 2. The van der Waals surface area contributed by atoms with Crippen LogP contribution in [-0.2, 0) is 10.0 Å². The summed E-state index contributed by atoms with van der Waals surface area (Å²) < 4.78 is 24.3. The quantitative estimate of drug-likeness (QED) is 0.751. The first-order valence-corrected chi connectivity index (χ1v) is 6.46. The Balaban J connectivity index is 0.00000169. The number of sulfonamides is 1. The second kappa shape index (κ2) is 5.30. The molecule has 0 aromatic carbocycles. The molecule has 86 valence electrons. The summed E-state index contributed by atoms with van der Waals surface area (Å²) in [5, 5.41) is 3.28. The first kappa shape index (κ1) is 14.2. The van der Waals surface area contributed by atoms with E-state index in [9.17, 15) is 8.42 Å². The molecule has 1 aliphatic heterocycles. The van der Waals surface area contributed by atoms with Crippen LogP contribution >= 0.6 is 12.4 Å². The van der Waals surface area contributed by atoms with Crippen LogP contribution in [0.15, 0.2) is 0 Å². The fourth-order valence-corrected chi connectivity index (χ4v) is 2.19. The molecule has 0 bridgehead atoms. The molecule has 0 saturated carbocycles. The zero-order valence-corrected chi connectivity index (χ0v) is 10.3. The smallest absolute Gasteiger partial charge is 0.208 e. The van der Waals surface area contributed by atoms with Crippen LogP contribution in [0.2, 0.25) is 0 Å². The Labute approximate surface area is 92.3 Å². The minimum absolute atomic E-state index is 0. The van der Waals surface area contributed by atoms with Gasteiger partial charge >= 0.3 is 0 Å². The highest BCUT2D eigenvalue weighted by Crippen LogP contribution is 2.24. The Bertz CT molecular complexity index is 261. The molecule has 0 amide bonds. The van der Waals surface area contributed by atoms with Crippen molar-refractivity contribution < 1.29 is 8.42 Å². The Morgan fingerprint density at radius 3 is 2.57 bits per heavy atom. The third-order valence-electron chi connectivity index (χ3n) is 2.45. The first-order valence-electron chi connectivity index (χ1n) is 4.57. The summed E-state index contributed by atoms with van der Waals surface area (Å²) in [6.45, 7) is 4.60. The highest BCUT2D eigenvalue weighted by molar-refractivity contribution is 7.88. The normalized spacial score (nSPS) is 28.1. The van der Waals surface area contributed by atoms with Crippen molar-refractivity contribution >= 4 is 22.4 Å². The van der Waals surface area contributed by atoms with Gasteiger partial charge in [0, 0.05) is 13.1 Å². The van der Waals surface area contributed by atoms with Crippen LogP contribution in [0.25, 0.3) is 0 Å².